The van der Waals surface area contributed by atoms with Crippen LogP contribution < -0.4 is 5.32 Å². The molecule has 3 aliphatic heterocycles. The quantitative estimate of drug-likeness (QED) is 0.795. The number of rotatable bonds is 3. The van der Waals surface area contributed by atoms with Crippen LogP contribution in [0.1, 0.15) is 50.2 Å². The fourth-order valence-electron chi connectivity index (χ4n) is 4.96. The summed E-state index contributed by atoms with van der Waals surface area (Å²) in [5, 5.41) is 8.26. The van der Waals surface area contributed by atoms with Gasteiger partial charge in [-0.05, 0) is 80.8 Å². The van der Waals surface area contributed by atoms with Gasteiger partial charge in [0.15, 0.2) is 0 Å². The predicted octanol–water partition coefficient (Wildman–Crippen LogP) is 4.19. The van der Waals surface area contributed by atoms with Gasteiger partial charge in [-0.15, -0.1) is 0 Å². The van der Waals surface area contributed by atoms with Gasteiger partial charge >= 0.3 is 0 Å². The molecule has 0 saturated carbocycles. The van der Waals surface area contributed by atoms with Gasteiger partial charge in [0.25, 0.3) is 5.91 Å². The van der Waals surface area contributed by atoms with Crippen molar-refractivity contribution in [3.63, 3.8) is 0 Å². The van der Waals surface area contributed by atoms with Gasteiger partial charge in [-0.1, -0.05) is 26.0 Å². The van der Waals surface area contributed by atoms with Crippen LogP contribution in [0.3, 0.4) is 0 Å². The smallest absolute Gasteiger partial charge is 0.255 e. The van der Waals surface area contributed by atoms with Crippen molar-refractivity contribution in [1.82, 2.24) is 24.8 Å². The number of amides is 1. The Labute approximate surface area is 189 Å². The zero-order valence-corrected chi connectivity index (χ0v) is 19.1. The van der Waals surface area contributed by atoms with E-state index in [0.29, 0.717) is 5.92 Å². The number of aromatic nitrogens is 3. The molecule has 0 bridgehead atoms. The third kappa shape index (κ3) is 3.84. The highest BCUT2D eigenvalue weighted by atomic mass is 16.2. The van der Waals surface area contributed by atoms with Crippen molar-refractivity contribution in [2.24, 2.45) is 11.8 Å². The van der Waals surface area contributed by atoms with Crippen molar-refractivity contribution < 1.29 is 4.79 Å². The first-order chi connectivity index (χ1) is 15.5. The molecule has 6 nitrogen and oxygen atoms in total. The topological polar surface area (TPSA) is 62.5 Å². The van der Waals surface area contributed by atoms with Crippen molar-refractivity contribution in [2.75, 3.05) is 13.1 Å². The summed E-state index contributed by atoms with van der Waals surface area (Å²) in [6.07, 6.45) is 16.2. The first-order valence-corrected chi connectivity index (χ1v) is 11.7. The molecule has 1 unspecified atom stereocenters. The molecule has 3 aliphatic rings. The van der Waals surface area contributed by atoms with E-state index in [4.69, 9.17) is 5.10 Å². The summed E-state index contributed by atoms with van der Waals surface area (Å²) in [6, 6.07) is 2.08. The molecule has 2 aromatic heterocycles. The number of piperidine rings is 1. The van der Waals surface area contributed by atoms with Crippen LogP contribution in [-0.2, 0) is 11.2 Å². The van der Waals surface area contributed by atoms with E-state index in [2.05, 4.69) is 54.6 Å². The molecule has 2 aromatic rings. The van der Waals surface area contributed by atoms with Crippen LogP contribution in [0.25, 0.3) is 11.1 Å². The highest BCUT2D eigenvalue weighted by molar-refractivity contribution is 5.98. The van der Waals surface area contributed by atoms with Gasteiger partial charge in [0.2, 0.25) is 0 Å². The Balaban J connectivity index is 1.51. The Hall–Kier alpha value is -2.99. The summed E-state index contributed by atoms with van der Waals surface area (Å²) in [4.78, 5) is 19.9. The monoisotopic (exact) mass is 429 g/mol. The number of carbonyl (C=O) groups is 1. The van der Waals surface area contributed by atoms with E-state index in [1.165, 1.54) is 5.57 Å². The molecule has 1 N–H and O–H groups in total. The van der Waals surface area contributed by atoms with Gasteiger partial charge in [0.1, 0.15) is 0 Å². The number of fused-ring (bicyclic) bond motifs is 2. The van der Waals surface area contributed by atoms with Crippen LogP contribution >= 0.6 is 0 Å². The van der Waals surface area contributed by atoms with Crippen LogP contribution in [0.4, 0.5) is 0 Å². The fraction of sp³-hybridized carbons (Fsp3) is 0.423. The van der Waals surface area contributed by atoms with Crippen molar-refractivity contribution in [3.05, 3.63) is 71.1 Å². The average Bonchev–Trinajstić information content (AvgIpc) is 3.23. The molecule has 166 valence electrons. The molecule has 1 atom stereocenters. The lowest BCUT2D eigenvalue weighted by Crippen LogP contribution is -2.31. The van der Waals surface area contributed by atoms with E-state index in [1.54, 1.807) is 6.08 Å². The zero-order valence-electron chi connectivity index (χ0n) is 19.1. The maximum Gasteiger partial charge on any atom is 0.255 e. The fourth-order valence-corrected chi connectivity index (χ4v) is 4.96. The summed E-state index contributed by atoms with van der Waals surface area (Å²) in [6.45, 7) is 8.34. The summed E-state index contributed by atoms with van der Waals surface area (Å²) in [5.74, 6) is 0.702. The van der Waals surface area contributed by atoms with Gasteiger partial charge in [-0.25, -0.2) is 4.52 Å². The minimum atomic E-state index is -0.00402. The van der Waals surface area contributed by atoms with Crippen LogP contribution in [0.2, 0.25) is 0 Å². The largest absolute Gasteiger partial charge is 0.317 e. The number of allylic oxidation sites excluding steroid dienone is 5. The molecule has 5 rings (SSSR count). The van der Waals surface area contributed by atoms with E-state index < -0.39 is 0 Å². The van der Waals surface area contributed by atoms with Crippen molar-refractivity contribution in [1.29, 1.82) is 0 Å². The molecule has 0 spiro atoms. The molecule has 0 aliphatic carbocycles. The summed E-state index contributed by atoms with van der Waals surface area (Å²) in [7, 11) is 0. The second-order valence-corrected chi connectivity index (χ2v) is 9.10. The zero-order chi connectivity index (χ0) is 22.2. The standard InChI is InChI=1S/C26H31N5O/c1-4-23-25-14-24(29-31(25)15-18(3)28-23)22-13-26(32)30-16-20(19-9-11-27-12-10-19)6-8-21(30)7-5-17(22)2/h6-8,13-17,19,27H,4-5,9-12H2,1-3H3. The highest BCUT2D eigenvalue weighted by Gasteiger charge is 2.26. The van der Waals surface area contributed by atoms with Crippen molar-refractivity contribution >= 4 is 17.0 Å². The van der Waals surface area contributed by atoms with E-state index in [1.807, 2.05) is 22.5 Å². The number of nitrogens with one attached hydrogen (secondary N) is 1. The summed E-state index contributed by atoms with van der Waals surface area (Å²) >= 11 is 0. The highest BCUT2D eigenvalue weighted by Crippen LogP contribution is 2.33. The maximum atomic E-state index is 13.4. The van der Waals surface area contributed by atoms with Crippen LogP contribution in [0.15, 0.2) is 54.0 Å². The number of hydrogen-bond donors (Lipinski definition) is 1. The van der Waals surface area contributed by atoms with Crippen molar-refractivity contribution in [2.45, 2.75) is 46.5 Å². The maximum absolute atomic E-state index is 13.4. The first kappa shape index (κ1) is 20.9. The third-order valence-electron chi connectivity index (χ3n) is 6.82. The van der Waals surface area contributed by atoms with E-state index in [9.17, 15) is 4.79 Å². The predicted molar refractivity (Wildman–Crippen MR) is 127 cm³/mol. The molecule has 0 radical (unpaired) electrons. The average molecular weight is 430 g/mol. The summed E-state index contributed by atoms with van der Waals surface area (Å²) in [5.41, 5.74) is 7.07. The second-order valence-electron chi connectivity index (χ2n) is 9.10. The van der Waals surface area contributed by atoms with Gasteiger partial charge < -0.3 is 5.32 Å². The molecule has 32 heavy (non-hydrogen) atoms. The lowest BCUT2D eigenvalue weighted by atomic mass is 9.88. The van der Waals surface area contributed by atoms with Crippen LogP contribution in [0.5, 0.6) is 0 Å². The van der Waals surface area contributed by atoms with Crippen molar-refractivity contribution in [3.8, 4) is 0 Å². The number of nitrogens with zero attached hydrogens (tertiary/aromatic N) is 4. The van der Waals surface area contributed by atoms with Gasteiger partial charge in [0.05, 0.1) is 28.8 Å². The Morgan fingerprint density at radius 1 is 1.22 bits per heavy atom. The van der Waals surface area contributed by atoms with Crippen LogP contribution in [-0.4, -0.2) is 38.5 Å². The normalized spacial score (nSPS) is 22.2. The number of carbonyl (C=O) groups excluding carboxylic acids is 1. The lowest BCUT2D eigenvalue weighted by molar-refractivity contribution is -0.122. The second kappa shape index (κ2) is 8.51. The lowest BCUT2D eigenvalue weighted by Gasteiger charge is -2.30. The minimum Gasteiger partial charge on any atom is -0.317 e. The third-order valence-corrected chi connectivity index (χ3v) is 6.82. The van der Waals surface area contributed by atoms with Gasteiger partial charge in [-0.2, -0.15) is 5.10 Å². The molecule has 1 saturated heterocycles. The van der Waals surface area contributed by atoms with E-state index in [-0.39, 0.29) is 11.8 Å². The molecule has 5 heterocycles. The van der Waals surface area contributed by atoms with Crippen LogP contribution in [0, 0.1) is 18.8 Å². The Morgan fingerprint density at radius 3 is 2.81 bits per heavy atom. The molecular weight excluding hydrogens is 398 g/mol. The Morgan fingerprint density at radius 2 is 2.03 bits per heavy atom. The van der Waals surface area contributed by atoms with Gasteiger partial charge in [-0.3, -0.25) is 14.7 Å². The molecule has 0 aromatic carbocycles. The van der Waals surface area contributed by atoms with Gasteiger partial charge in [0, 0.05) is 18.0 Å². The van der Waals surface area contributed by atoms with E-state index >= 15 is 0 Å². The molecule has 1 amide bonds. The SMILES string of the molecule is CCc1nc(C)cn2nc(C3=CC(=O)N4C=C(C5CCNCC5)C=CC4=CCC3C)cc12. The van der Waals surface area contributed by atoms with E-state index in [0.717, 1.165) is 72.6 Å². The Bertz CT molecular complexity index is 1180. The molecule has 1 fully saturated rings. The Kier molecular flexibility index (Phi) is 5.55. The molecule has 6 heteroatoms. The molecular formula is C26H31N5O. The first-order valence-electron chi connectivity index (χ1n) is 11.7. The number of hydrogen-bond acceptors (Lipinski definition) is 4. The minimum absolute atomic E-state index is 0.00402. The number of aryl methyl sites for hydroxylation is 2. The summed E-state index contributed by atoms with van der Waals surface area (Å²) < 4.78 is 1.91.